The predicted molar refractivity (Wildman–Crippen MR) is 53.6 cm³/mol. The number of Topliss-reactive ketones (excluding diaryl/α,β-unsaturated/α-hetero) is 1. The van der Waals surface area contributed by atoms with Crippen LogP contribution in [0, 0.1) is 0 Å². The van der Waals surface area contributed by atoms with E-state index in [1.807, 2.05) is 13.8 Å². The fourth-order valence-electron chi connectivity index (χ4n) is 0.748. The zero-order valence-electron chi connectivity index (χ0n) is 8.55. The Morgan fingerprint density at radius 1 is 1.31 bits per heavy atom. The molecule has 0 saturated carbocycles. The minimum absolute atomic E-state index is 0.0378. The molecule has 0 amide bonds. The van der Waals surface area contributed by atoms with Crippen LogP contribution in [-0.2, 0) is 13.6 Å². The second-order valence-corrected chi connectivity index (χ2v) is 4.29. The zero-order chi connectivity index (χ0) is 10.3. The Balaban J connectivity index is 3.93. The molecule has 0 saturated heterocycles. The van der Waals surface area contributed by atoms with Crippen molar-refractivity contribution in [2.24, 2.45) is 0 Å². The van der Waals surface area contributed by atoms with Gasteiger partial charge in [0, 0.05) is 13.2 Å². The summed E-state index contributed by atoms with van der Waals surface area (Å²) in [6.07, 6.45) is 0. The van der Waals surface area contributed by atoms with Crippen LogP contribution >= 0.6 is 0 Å². The van der Waals surface area contributed by atoms with Crippen molar-refractivity contribution in [1.29, 1.82) is 0 Å². The number of hydrogen-bond donors (Lipinski definition) is 0. The molecule has 0 unspecified atom stereocenters. The molecule has 0 fully saturated rings. The van der Waals surface area contributed by atoms with E-state index in [2.05, 4.69) is 6.58 Å². The van der Waals surface area contributed by atoms with E-state index in [4.69, 9.17) is 8.85 Å². The molecule has 0 aliphatic carbocycles. The topological polar surface area (TPSA) is 35.5 Å². The number of ketones is 1. The summed E-state index contributed by atoms with van der Waals surface area (Å²) < 4.78 is 10.6. The second-order valence-electron chi connectivity index (χ2n) is 2.62. The largest absolute Gasteiger partial charge is 0.393 e. The van der Waals surface area contributed by atoms with Crippen LogP contribution in [0.4, 0.5) is 0 Å². The van der Waals surface area contributed by atoms with Crippen LogP contribution < -0.4 is 0 Å². The Labute approximate surface area is 81.6 Å². The first-order chi connectivity index (χ1) is 6.11. The van der Waals surface area contributed by atoms with Crippen molar-refractivity contribution in [2.75, 3.05) is 13.2 Å². The summed E-state index contributed by atoms with van der Waals surface area (Å²) in [4.78, 5) is 11.3. The Morgan fingerprint density at radius 3 is 2.08 bits per heavy atom. The number of hydrogen-bond acceptors (Lipinski definition) is 3. The number of allylic oxidation sites excluding steroid dienone is 1. The van der Waals surface area contributed by atoms with Crippen LogP contribution in [0.2, 0.25) is 6.04 Å². The van der Waals surface area contributed by atoms with Gasteiger partial charge in [-0.3, -0.25) is 4.79 Å². The van der Waals surface area contributed by atoms with Gasteiger partial charge >= 0.3 is 9.28 Å². The van der Waals surface area contributed by atoms with Crippen molar-refractivity contribution >= 4 is 15.1 Å². The summed E-state index contributed by atoms with van der Waals surface area (Å²) >= 11 is 0. The molecule has 3 nitrogen and oxygen atoms in total. The van der Waals surface area contributed by atoms with Gasteiger partial charge in [0.15, 0.2) is 5.78 Å². The summed E-state index contributed by atoms with van der Waals surface area (Å²) in [6, 6.07) is 0.363. The zero-order valence-corrected chi connectivity index (χ0v) is 9.55. The van der Waals surface area contributed by atoms with Crippen LogP contribution in [0.1, 0.15) is 20.8 Å². The van der Waals surface area contributed by atoms with Crippen LogP contribution in [0.25, 0.3) is 0 Å². The van der Waals surface area contributed by atoms with Gasteiger partial charge < -0.3 is 8.85 Å². The van der Waals surface area contributed by atoms with Gasteiger partial charge in [-0.1, -0.05) is 6.58 Å². The molecular formula is C9H17O3Si. The molecular weight excluding hydrogens is 184 g/mol. The van der Waals surface area contributed by atoms with Crippen LogP contribution in [0.15, 0.2) is 12.2 Å². The first kappa shape index (κ1) is 12.5. The number of rotatable bonds is 7. The Kier molecular flexibility index (Phi) is 6.76. The van der Waals surface area contributed by atoms with E-state index in [0.717, 1.165) is 0 Å². The first-order valence-corrected chi connectivity index (χ1v) is 5.94. The van der Waals surface area contributed by atoms with Crippen molar-refractivity contribution < 1.29 is 13.6 Å². The highest BCUT2D eigenvalue weighted by molar-refractivity contribution is 6.50. The normalized spacial score (nSPS) is 10.5. The minimum atomic E-state index is -1.40. The predicted octanol–water partition coefficient (Wildman–Crippen LogP) is 1.69. The Hall–Kier alpha value is -0.453. The van der Waals surface area contributed by atoms with Crippen molar-refractivity contribution in [3.8, 4) is 0 Å². The summed E-state index contributed by atoms with van der Waals surface area (Å²) in [5.74, 6) is 0.0378. The molecule has 0 N–H and O–H groups in total. The van der Waals surface area contributed by atoms with Gasteiger partial charge in [-0.15, -0.1) is 0 Å². The molecule has 0 rings (SSSR count). The molecule has 0 aromatic rings. The highest BCUT2D eigenvalue weighted by Gasteiger charge is 2.19. The SMILES string of the molecule is C=C(C)C(=O)C[Si](OCC)OCC. The molecule has 0 aliphatic rings. The third kappa shape index (κ3) is 5.73. The van der Waals surface area contributed by atoms with Crippen LogP contribution in [0.5, 0.6) is 0 Å². The van der Waals surface area contributed by atoms with Crippen molar-refractivity contribution in [3.05, 3.63) is 12.2 Å². The van der Waals surface area contributed by atoms with Crippen molar-refractivity contribution in [2.45, 2.75) is 26.8 Å². The Bertz CT molecular complexity index is 174. The average molecular weight is 201 g/mol. The maximum Gasteiger partial charge on any atom is 0.392 e. The quantitative estimate of drug-likeness (QED) is 0.464. The van der Waals surface area contributed by atoms with Gasteiger partial charge in [0.25, 0.3) is 0 Å². The van der Waals surface area contributed by atoms with E-state index in [1.54, 1.807) is 6.92 Å². The smallest absolute Gasteiger partial charge is 0.392 e. The maximum atomic E-state index is 11.3. The van der Waals surface area contributed by atoms with Crippen LogP contribution in [0.3, 0.4) is 0 Å². The molecule has 0 atom stereocenters. The molecule has 4 heteroatoms. The van der Waals surface area contributed by atoms with Gasteiger partial charge in [-0.2, -0.15) is 0 Å². The maximum absolute atomic E-state index is 11.3. The van der Waals surface area contributed by atoms with E-state index in [1.165, 1.54) is 0 Å². The molecule has 0 spiro atoms. The fraction of sp³-hybridized carbons (Fsp3) is 0.667. The summed E-state index contributed by atoms with van der Waals surface area (Å²) in [6.45, 7) is 10.3. The Morgan fingerprint density at radius 2 is 1.77 bits per heavy atom. The molecule has 1 radical (unpaired) electrons. The lowest BCUT2D eigenvalue weighted by molar-refractivity contribution is -0.113. The van der Waals surface area contributed by atoms with Crippen molar-refractivity contribution in [1.82, 2.24) is 0 Å². The summed E-state index contributed by atoms with van der Waals surface area (Å²) in [7, 11) is -1.40. The standard InChI is InChI=1S/C9H17O3Si/c1-5-11-13(12-6-2)7-9(10)8(3)4/h3,5-7H2,1-2,4H3. The second kappa shape index (κ2) is 7.00. The lowest BCUT2D eigenvalue weighted by atomic mass is 10.2. The van der Waals surface area contributed by atoms with E-state index in [-0.39, 0.29) is 5.78 Å². The molecule has 0 aliphatic heterocycles. The number of carbonyl (C=O) groups excluding carboxylic acids is 1. The van der Waals surface area contributed by atoms with Gasteiger partial charge in [-0.05, 0) is 26.3 Å². The van der Waals surface area contributed by atoms with Crippen LogP contribution in [-0.4, -0.2) is 28.3 Å². The highest BCUT2D eigenvalue weighted by Crippen LogP contribution is 2.03. The number of carbonyl (C=O) groups is 1. The molecule has 0 bridgehead atoms. The summed E-state index contributed by atoms with van der Waals surface area (Å²) in [5.41, 5.74) is 0.571. The minimum Gasteiger partial charge on any atom is -0.393 e. The monoisotopic (exact) mass is 201 g/mol. The third-order valence-electron chi connectivity index (χ3n) is 1.39. The summed E-state index contributed by atoms with van der Waals surface area (Å²) in [5, 5.41) is 0. The van der Waals surface area contributed by atoms with Gasteiger partial charge in [0.1, 0.15) is 0 Å². The van der Waals surface area contributed by atoms with Crippen molar-refractivity contribution in [3.63, 3.8) is 0 Å². The van der Waals surface area contributed by atoms with E-state index in [0.29, 0.717) is 24.8 Å². The lowest BCUT2D eigenvalue weighted by Crippen LogP contribution is -2.26. The fourth-order valence-corrected chi connectivity index (χ4v) is 2.24. The molecule has 0 heterocycles. The molecule has 13 heavy (non-hydrogen) atoms. The van der Waals surface area contributed by atoms with Gasteiger partial charge in [0.05, 0.1) is 6.04 Å². The van der Waals surface area contributed by atoms with E-state index >= 15 is 0 Å². The van der Waals surface area contributed by atoms with E-state index < -0.39 is 9.28 Å². The van der Waals surface area contributed by atoms with Gasteiger partial charge in [-0.25, -0.2) is 0 Å². The molecule has 0 aromatic carbocycles. The highest BCUT2D eigenvalue weighted by atomic mass is 28.3. The third-order valence-corrected chi connectivity index (χ3v) is 3.22. The van der Waals surface area contributed by atoms with Gasteiger partial charge in [0.2, 0.25) is 0 Å². The first-order valence-electron chi connectivity index (χ1n) is 4.41. The molecule has 0 aromatic heterocycles. The average Bonchev–Trinajstić information content (AvgIpc) is 2.05. The molecule has 75 valence electrons. The lowest BCUT2D eigenvalue weighted by Gasteiger charge is -2.11. The van der Waals surface area contributed by atoms with E-state index in [9.17, 15) is 4.79 Å².